The summed E-state index contributed by atoms with van der Waals surface area (Å²) in [7, 11) is 0. The van der Waals surface area contributed by atoms with Crippen molar-refractivity contribution in [1.29, 1.82) is 0 Å². The first-order valence-corrected chi connectivity index (χ1v) is 10.4. The maximum absolute atomic E-state index is 4.90. The van der Waals surface area contributed by atoms with Gasteiger partial charge in [0.25, 0.3) is 0 Å². The van der Waals surface area contributed by atoms with Gasteiger partial charge in [-0.1, -0.05) is 34.6 Å². The molecule has 1 saturated carbocycles. The molecule has 0 N–H and O–H groups in total. The molecule has 4 rings (SSSR count). The molecule has 1 aliphatic carbocycles. The van der Waals surface area contributed by atoms with Crippen molar-refractivity contribution in [3.8, 4) is 0 Å². The standard InChI is InChI=1S/C21H32N6/c1-14(2)19-23-17(21(3,4)5)12-18(24-19)26-10-8-15(9-11-26)20-25-22-13-27(20)16-6-7-16/h12-16H,6-11H2,1-5H3. The fourth-order valence-corrected chi connectivity index (χ4v) is 3.80. The number of anilines is 1. The lowest BCUT2D eigenvalue weighted by Gasteiger charge is -2.33. The van der Waals surface area contributed by atoms with Crippen LogP contribution >= 0.6 is 0 Å². The third-order valence-corrected chi connectivity index (χ3v) is 5.74. The number of hydrogen-bond donors (Lipinski definition) is 0. The summed E-state index contributed by atoms with van der Waals surface area (Å²) in [6, 6.07) is 2.84. The summed E-state index contributed by atoms with van der Waals surface area (Å²) in [4.78, 5) is 12.2. The van der Waals surface area contributed by atoms with E-state index in [1.54, 1.807) is 0 Å². The highest BCUT2D eigenvalue weighted by Crippen LogP contribution is 2.39. The van der Waals surface area contributed by atoms with E-state index < -0.39 is 0 Å². The molecule has 2 aliphatic rings. The predicted octanol–water partition coefficient (Wildman–Crippen LogP) is 4.21. The Hall–Kier alpha value is -1.98. The highest BCUT2D eigenvalue weighted by molar-refractivity contribution is 5.42. The van der Waals surface area contributed by atoms with Gasteiger partial charge in [-0.25, -0.2) is 9.97 Å². The average Bonchev–Trinajstić information content (AvgIpc) is 3.37. The van der Waals surface area contributed by atoms with Gasteiger partial charge < -0.3 is 9.47 Å². The van der Waals surface area contributed by atoms with Crippen LogP contribution in [0.3, 0.4) is 0 Å². The van der Waals surface area contributed by atoms with E-state index in [4.69, 9.17) is 9.97 Å². The number of piperidine rings is 1. The minimum atomic E-state index is 0.0281. The first-order valence-electron chi connectivity index (χ1n) is 10.4. The normalized spacial score (nSPS) is 19.1. The molecule has 0 aromatic carbocycles. The van der Waals surface area contributed by atoms with Gasteiger partial charge in [-0.2, -0.15) is 0 Å². The second-order valence-electron chi connectivity index (χ2n) is 9.46. The highest BCUT2D eigenvalue weighted by Gasteiger charge is 2.31. The van der Waals surface area contributed by atoms with Crippen molar-refractivity contribution < 1.29 is 0 Å². The molecule has 0 amide bonds. The van der Waals surface area contributed by atoms with Gasteiger partial charge in [-0.15, -0.1) is 10.2 Å². The Kier molecular flexibility index (Phi) is 4.68. The zero-order valence-corrected chi connectivity index (χ0v) is 17.3. The van der Waals surface area contributed by atoms with Gasteiger partial charge in [0.05, 0.1) is 5.69 Å². The Labute approximate surface area is 162 Å². The fourth-order valence-electron chi connectivity index (χ4n) is 3.80. The van der Waals surface area contributed by atoms with Crippen LogP contribution in [0.15, 0.2) is 12.4 Å². The van der Waals surface area contributed by atoms with Crippen LogP contribution in [-0.2, 0) is 5.41 Å². The molecule has 6 heteroatoms. The maximum atomic E-state index is 4.90. The number of aromatic nitrogens is 5. The van der Waals surface area contributed by atoms with Crippen LogP contribution in [0.4, 0.5) is 5.82 Å². The predicted molar refractivity (Wildman–Crippen MR) is 107 cm³/mol. The van der Waals surface area contributed by atoms with Gasteiger partial charge in [0.2, 0.25) is 0 Å². The molecule has 2 fully saturated rings. The lowest BCUT2D eigenvalue weighted by atomic mass is 9.91. The zero-order valence-electron chi connectivity index (χ0n) is 17.3. The highest BCUT2D eigenvalue weighted by atomic mass is 15.3. The molecule has 3 heterocycles. The number of nitrogens with zero attached hydrogens (tertiary/aromatic N) is 6. The van der Waals surface area contributed by atoms with Crippen molar-refractivity contribution in [1.82, 2.24) is 24.7 Å². The third kappa shape index (κ3) is 3.85. The van der Waals surface area contributed by atoms with Crippen LogP contribution in [0.5, 0.6) is 0 Å². The van der Waals surface area contributed by atoms with E-state index in [2.05, 4.69) is 60.3 Å². The Bertz CT molecular complexity index is 791. The monoisotopic (exact) mass is 368 g/mol. The SMILES string of the molecule is CC(C)c1nc(N2CCC(c3nncn3C3CC3)CC2)cc(C(C)(C)C)n1. The van der Waals surface area contributed by atoms with E-state index in [-0.39, 0.29) is 5.41 Å². The first kappa shape index (κ1) is 18.4. The third-order valence-electron chi connectivity index (χ3n) is 5.74. The second-order valence-corrected chi connectivity index (χ2v) is 9.46. The van der Waals surface area contributed by atoms with Gasteiger partial charge in [-0.05, 0) is 25.7 Å². The molecule has 2 aromatic heterocycles. The van der Waals surface area contributed by atoms with E-state index >= 15 is 0 Å². The molecular weight excluding hydrogens is 336 g/mol. The van der Waals surface area contributed by atoms with E-state index in [0.29, 0.717) is 17.9 Å². The summed E-state index contributed by atoms with van der Waals surface area (Å²) < 4.78 is 2.32. The molecule has 1 aliphatic heterocycles. The van der Waals surface area contributed by atoms with E-state index in [9.17, 15) is 0 Å². The van der Waals surface area contributed by atoms with Crippen LogP contribution in [0, 0.1) is 0 Å². The van der Waals surface area contributed by atoms with Crippen LogP contribution in [0.2, 0.25) is 0 Å². The van der Waals surface area contributed by atoms with Gasteiger partial charge >= 0.3 is 0 Å². The van der Waals surface area contributed by atoms with Crippen molar-refractivity contribution in [3.05, 3.63) is 29.7 Å². The molecule has 0 spiro atoms. The zero-order chi connectivity index (χ0) is 19.2. The molecule has 0 unspecified atom stereocenters. The molecule has 2 aromatic rings. The molecular formula is C21H32N6. The largest absolute Gasteiger partial charge is 0.356 e. The van der Waals surface area contributed by atoms with E-state index in [0.717, 1.165) is 43.3 Å². The van der Waals surface area contributed by atoms with Gasteiger partial charge in [0.1, 0.15) is 23.8 Å². The van der Waals surface area contributed by atoms with Crippen molar-refractivity contribution in [2.24, 2.45) is 0 Å². The van der Waals surface area contributed by atoms with Crippen molar-refractivity contribution >= 4 is 5.82 Å². The van der Waals surface area contributed by atoms with Crippen LogP contribution < -0.4 is 4.90 Å². The van der Waals surface area contributed by atoms with E-state index in [1.165, 1.54) is 18.7 Å². The van der Waals surface area contributed by atoms with Crippen LogP contribution in [-0.4, -0.2) is 37.8 Å². The maximum Gasteiger partial charge on any atom is 0.136 e. The lowest BCUT2D eigenvalue weighted by Crippen LogP contribution is -2.35. The average molecular weight is 369 g/mol. The molecule has 6 nitrogen and oxygen atoms in total. The molecule has 0 atom stereocenters. The van der Waals surface area contributed by atoms with Crippen molar-refractivity contribution in [3.63, 3.8) is 0 Å². The van der Waals surface area contributed by atoms with Crippen molar-refractivity contribution in [2.75, 3.05) is 18.0 Å². The Morgan fingerprint density at radius 2 is 1.74 bits per heavy atom. The number of hydrogen-bond acceptors (Lipinski definition) is 5. The topological polar surface area (TPSA) is 59.7 Å². The summed E-state index contributed by atoms with van der Waals surface area (Å²) >= 11 is 0. The van der Waals surface area contributed by atoms with Crippen LogP contribution in [0.25, 0.3) is 0 Å². The van der Waals surface area contributed by atoms with Crippen molar-refractivity contribution in [2.45, 2.75) is 83.6 Å². The van der Waals surface area contributed by atoms with Gasteiger partial charge in [-0.3, -0.25) is 0 Å². The summed E-state index contributed by atoms with van der Waals surface area (Å²) in [6.07, 6.45) is 6.69. The Balaban J connectivity index is 1.52. The summed E-state index contributed by atoms with van der Waals surface area (Å²) in [5, 5.41) is 8.64. The summed E-state index contributed by atoms with van der Waals surface area (Å²) in [6.45, 7) is 13.0. The molecule has 0 bridgehead atoms. The van der Waals surface area contributed by atoms with E-state index in [1.807, 2.05) is 6.33 Å². The minimum absolute atomic E-state index is 0.0281. The minimum Gasteiger partial charge on any atom is -0.356 e. The van der Waals surface area contributed by atoms with Crippen LogP contribution in [0.1, 0.15) is 95.5 Å². The Morgan fingerprint density at radius 1 is 1.04 bits per heavy atom. The fraction of sp³-hybridized carbons (Fsp3) is 0.714. The van der Waals surface area contributed by atoms with Gasteiger partial charge in [0, 0.05) is 42.4 Å². The lowest BCUT2D eigenvalue weighted by molar-refractivity contribution is 0.462. The Morgan fingerprint density at radius 3 is 2.33 bits per heavy atom. The number of rotatable bonds is 4. The molecule has 27 heavy (non-hydrogen) atoms. The molecule has 0 radical (unpaired) electrons. The molecule has 146 valence electrons. The summed E-state index contributed by atoms with van der Waals surface area (Å²) in [5.74, 6) is 4.07. The smallest absolute Gasteiger partial charge is 0.136 e. The van der Waals surface area contributed by atoms with Gasteiger partial charge in [0.15, 0.2) is 0 Å². The summed E-state index contributed by atoms with van der Waals surface area (Å²) in [5.41, 5.74) is 1.16. The first-order chi connectivity index (χ1) is 12.8. The second kappa shape index (κ2) is 6.88. The molecule has 1 saturated heterocycles. The quantitative estimate of drug-likeness (QED) is 0.809.